The van der Waals surface area contributed by atoms with E-state index in [1.54, 1.807) is 0 Å². The number of aryl methyl sites for hydroxylation is 2. The average Bonchev–Trinajstić information content (AvgIpc) is 2.62. The predicted molar refractivity (Wildman–Crippen MR) is 103 cm³/mol. The zero-order valence-electron chi connectivity index (χ0n) is 13.4. The van der Waals surface area contributed by atoms with E-state index in [0.717, 1.165) is 28.8 Å². The quantitative estimate of drug-likeness (QED) is 0.580. The Bertz CT molecular complexity index is 785. The van der Waals surface area contributed by atoms with Crippen molar-refractivity contribution in [3.05, 3.63) is 94.0 Å². The number of hydrogen-bond acceptors (Lipinski definition) is 2. The van der Waals surface area contributed by atoms with Crippen molar-refractivity contribution in [3.8, 4) is 5.75 Å². The minimum absolute atomic E-state index is 0.583. The van der Waals surface area contributed by atoms with E-state index in [2.05, 4.69) is 52.3 Å². The lowest BCUT2D eigenvalue weighted by Gasteiger charge is -2.10. The lowest BCUT2D eigenvalue weighted by atomic mass is 10.0. The van der Waals surface area contributed by atoms with Gasteiger partial charge in [-0.25, -0.2) is 0 Å². The number of ether oxygens (including phenoxy) is 1. The van der Waals surface area contributed by atoms with Gasteiger partial charge in [-0.1, -0.05) is 58.4 Å². The Kier molecular flexibility index (Phi) is 5.55. The molecule has 0 bridgehead atoms. The van der Waals surface area contributed by atoms with E-state index in [9.17, 15) is 0 Å². The van der Waals surface area contributed by atoms with Gasteiger partial charge in [0.15, 0.2) is 0 Å². The van der Waals surface area contributed by atoms with Crippen molar-refractivity contribution in [2.45, 2.75) is 19.4 Å². The molecule has 0 aliphatic carbocycles. The lowest BCUT2D eigenvalue weighted by Crippen LogP contribution is -1.97. The van der Waals surface area contributed by atoms with Gasteiger partial charge >= 0.3 is 0 Å². The highest BCUT2D eigenvalue weighted by atomic mass is 79.9. The molecule has 0 spiro atoms. The summed E-state index contributed by atoms with van der Waals surface area (Å²) in [5.74, 6) is 0.898. The normalized spacial score (nSPS) is 10.5. The molecule has 0 saturated heterocycles. The summed E-state index contributed by atoms with van der Waals surface area (Å²) in [5, 5.41) is 0. The maximum Gasteiger partial charge on any atom is 0.120 e. The Morgan fingerprint density at radius 2 is 1.54 bits per heavy atom. The fourth-order valence-corrected chi connectivity index (χ4v) is 2.98. The second kappa shape index (κ2) is 8.02. The van der Waals surface area contributed by atoms with Gasteiger partial charge in [-0.05, 0) is 59.9 Å². The van der Waals surface area contributed by atoms with E-state index in [4.69, 9.17) is 10.5 Å². The van der Waals surface area contributed by atoms with Crippen LogP contribution in [-0.4, -0.2) is 0 Å². The zero-order chi connectivity index (χ0) is 16.8. The first-order valence-electron chi connectivity index (χ1n) is 8.00. The lowest BCUT2D eigenvalue weighted by molar-refractivity contribution is 0.306. The van der Waals surface area contributed by atoms with Crippen LogP contribution in [0.4, 0.5) is 5.69 Å². The number of anilines is 1. The highest BCUT2D eigenvalue weighted by Gasteiger charge is 2.04. The van der Waals surface area contributed by atoms with Gasteiger partial charge in [-0.3, -0.25) is 0 Å². The standard InChI is InChI=1S/C21H20BrNO/c22-21-13-12-20(24-15-17-4-2-1-3-5-17)14-18(21)9-6-16-7-10-19(23)11-8-16/h1-5,7-8,10-14H,6,9,15,23H2. The van der Waals surface area contributed by atoms with Crippen LogP contribution in [0.15, 0.2) is 77.3 Å². The van der Waals surface area contributed by atoms with Crippen molar-refractivity contribution >= 4 is 21.6 Å². The molecule has 3 heteroatoms. The molecule has 0 heterocycles. The van der Waals surface area contributed by atoms with Gasteiger partial charge in [-0.2, -0.15) is 0 Å². The third-order valence-electron chi connectivity index (χ3n) is 3.93. The van der Waals surface area contributed by atoms with Crippen LogP contribution in [0.5, 0.6) is 5.75 Å². The van der Waals surface area contributed by atoms with Gasteiger partial charge in [0.2, 0.25) is 0 Å². The number of halogens is 1. The maximum absolute atomic E-state index is 5.92. The van der Waals surface area contributed by atoms with E-state index in [1.807, 2.05) is 36.4 Å². The van der Waals surface area contributed by atoms with Crippen LogP contribution in [0, 0.1) is 0 Å². The highest BCUT2D eigenvalue weighted by Crippen LogP contribution is 2.25. The summed E-state index contributed by atoms with van der Waals surface area (Å²) in [4.78, 5) is 0. The van der Waals surface area contributed by atoms with E-state index in [1.165, 1.54) is 16.7 Å². The second-order valence-corrected chi connectivity index (χ2v) is 6.62. The van der Waals surface area contributed by atoms with Crippen molar-refractivity contribution in [1.82, 2.24) is 0 Å². The van der Waals surface area contributed by atoms with Gasteiger partial charge in [-0.15, -0.1) is 0 Å². The molecule has 2 nitrogen and oxygen atoms in total. The Hall–Kier alpha value is -2.26. The molecule has 24 heavy (non-hydrogen) atoms. The van der Waals surface area contributed by atoms with Gasteiger partial charge in [0.1, 0.15) is 12.4 Å². The van der Waals surface area contributed by atoms with Gasteiger partial charge in [0.25, 0.3) is 0 Å². The molecule has 2 N–H and O–H groups in total. The van der Waals surface area contributed by atoms with Crippen molar-refractivity contribution in [3.63, 3.8) is 0 Å². The van der Waals surface area contributed by atoms with Gasteiger partial charge in [0, 0.05) is 10.2 Å². The molecule has 0 aliphatic heterocycles. The van der Waals surface area contributed by atoms with E-state index in [0.29, 0.717) is 6.61 Å². The Morgan fingerprint density at radius 3 is 2.29 bits per heavy atom. The van der Waals surface area contributed by atoms with Crippen LogP contribution in [0.3, 0.4) is 0 Å². The third kappa shape index (κ3) is 4.62. The molecular formula is C21H20BrNO. The summed E-state index contributed by atoms with van der Waals surface area (Å²) in [5.41, 5.74) is 10.2. The summed E-state index contributed by atoms with van der Waals surface area (Å²) in [6, 6.07) is 24.4. The Labute approximate surface area is 151 Å². The van der Waals surface area contributed by atoms with Crippen molar-refractivity contribution < 1.29 is 4.74 Å². The molecule has 0 fully saturated rings. The molecule has 0 unspecified atom stereocenters. The fraction of sp³-hybridized carbons (Fsp3) is 0.143. The third-order valence-corrected chi connectivity index (χ3v) is 4.70. The molecule has 0 saturated carbocycles. The summed E-state index contributed by atoms with van der Waals surface area (Å²) in [6.07, 6.45) is 1.92. The van der Waals surface area contributed by atoms with Crippen molar-refractivity contribution in [2.75, 3.05) is 5.73 Å². The minimum Gasteiger partial charge on any atom is -0.489 e. The Morgan fingerprint density at radius 1 is 0.792 bits per heavy atom. The monoisotopic (exact) mass is 381 g/mol. The van der Waals surface area contributed by atoms with E-state index >= 15 is 0 Å². The summed E-state index contributed by atoms with van der Waals surface area (Å²) in [7, 11) is 0. The largest absolute Gasteiger partial charge is 0.489 e. The van der Waals surface area contributed by atoms with Crippen molar-refractivity contribution in [1.29, 1.82) is 0 Å². The summed E-state index contributed by atoms with van der Waals surface area (Å²) < 4.78 is 7.03. The van der Waals surface area contributed by atoms with Crippen LogP contribution in [0.25, 0.3) is 0 Å². The molecular weight excluding hydrogens is 362 g/mol. The number of nitrogens with two attached hydrogens (primary N) is 1. The predicted octanol–water partition coefficient (Wildman–Crippen LogP) is 5.40. The van der Waals surface area contributed by atoms with E-state index < -0.39 is 0 Å². The maximum atomic E-state index is 5.92. The first kappa shape index (κ1) is 16.6. The van der Waals surface area contributed by atoms with Crippen LogP contribution >= 0.6 is 15.9 Å². The zero-order valence-corrected chi connectivity index (χ0v) is 15.0. The molecule has 3 aromatic carbocycles. The number of rotatable bonds is 6. The van der Waals surface area contributed by atoms with Crippen LogP contribution in [-0.2, 0) is 19.4 Å². The molecule has 0 radical (unpaired) electrons. The number of hydrogen-bond donors (Lipinski definition) is 1. The Balaban J connectivity index is 1.64. The molecule has 0 aromatic heterocycles. The number of nitrogen functional groups attached to an aromatic ring is 1. The molecule has 0 aliphatic rings. The summed E-state index contributed by atoms with van der Waals surface area (Å²) >= 11 is 3.64. The summed E-state index contributed by atoms with van der Waals surface area (Å²) in [6.45, 7) is 0.583. The van der Waals surface area contributed by atoms with Crippen LogP contribution < -0.4 is 10.5 Å². The molecule has 3 aromatic rings. The van der Waals surface area contributed by atoms with E-state index in [-0.39, 0.29) is 0 Å². The first-order valence-corrected chi connectivity index (χ1v) is 8.79. The highest BCUT2D eigenvalue weighted by molar-refractivity contribution is 9.10. The van der Waals surface area contributed by atoms with Crippen LogP contribution in [0.2, 0.25) is 0 Å². The number of benzene rings is 3. The molecule has 3 rings (SSSR count). The van der Waals surface area contributed by atoms with Crippen LogP contribution in [0.1, 0.15) is 16.7 Å². The van der Waals surface area contributed by atoms with Gasteiger partial charge < -0.3 is 10.5 Å². The average molecular weight is 382 g/mol. The fourth-order valence-electron chi connectivity index (χ4n) is 2.54. The second-order valence-electron chi connectivity index (χ2n) is 5.77. The molecule has 122 valence electrons. The van der Waals surface area contributed by atoms with Crippen molar-refractivity contribution in [2.24, 2.45) is 0 Å². The van der Waals surface area contributed by atoms with Gasteiger partial charge in [0.05, 0.1) is 0 Å². The smallest absolute Gasteiger partial charge is 0.120 e. The topological polar surface area (TPSA) is 35.2 Å². The molecule has 0 atom stereocenters. The molecule has 0 amide bonds. The minimum atomic E-state index is 0.583. The first-order chi connectivity index (χ1) is 11.7. The SMILES string of the molecule is Nc1ccc(CCc2cc(OCc3ccccc3)ccc2Br)cc1.